The minimum absolute atomic E-state index is 0.493. The second-order valence-electron chi connectivity index (χ2n) is 5.05. The van der Waals surface area contributed by atoms with Gasteiger partial charge in [-0.2, -0.15) is 0 Å². The van der Waals surface area contributed by atoms with Crippen molar-refractivity contribution < 1.29 is 0 Å². The second kappa shape index (κ2) is 2.00. The molecule has 62 valence electrons. The van der Waals surface area contributed by atoms with E-state index in [1.807, 2.05) is 0 Å². The van der Waals surface area contributed by atoms with Gasteiger partial charge in [-0.1, -0.05) is 0 Å². The van der Waals surface area contributed by atoms with Crippen LogP contribution in [0.5, 0.6) is 0 Å². The van der Waals surface area contributed by atoms with Crippen molar-refractivity contribution in [2.75, 3.05) is 0 Å². The zero-order chi connectivity index (χ0) is 8.28. The van der Waals surface area contributed by atoms with Crippen LogP contribution in [-0.2, 0) is 0 Å². The van der Waals surface area contributed by atoms with E-state index in [0.29, 0.717) is 10.8 Å². The Kier molecular flexibility index (Phi) is 1.46. The molecule has 0 aromatic rings. The van der Waals surface area contributed by atoms with Crippen LogP contribution in [0.3, 0.4) is 0 Å². The summed E-state index contributed by atoms with van der Waals surface area (Å²) < 4.78 is 1.64. The summed E-state index contributed by atoms with van der Waals surface area (Å²) in [4.78, 5) is 0. The van der Waals surface area contributed by atoms with Gasteiger partial charge in [0.15, 0.2) is 0 Å². The Labute approximate surface area is 77.1 Å². The third-order valence-electron chi connectivity index (χ3n) is 3.90. The van der Waals surface area contributed by atoms with Gasteiger partial charge in [0.25, 0.3) is 0 Å². The molecule has 2 saturated carbocycles. The number of rotatable bonds is 0. The number of fused-ring (bicyclic) bond motifs is 2. The van der Waals surface area contributed by atoms with E-state index in [1.54, 1.807) is 4.42 Å². The maximum atomic E-state index is 3.32. The van der Waals surface area contributed by atoms with Gasteiger partial charge in [-0.25, -0.2) is 0 Å². The van der Waals surface area contributed by atoms with Crippen LogP contribution >= 0.6 is 0 Å². The topological polar surface area (TPSA) is 0 Å². The van der Waals surface area contributed by atoms with Crippen molar-refractivity contribution in [3.05, 3.63) is 0 Å². The molecule has 0 spiro atoms. The van der Waals surface area contributed by atoms with Crippen molar-refractivity contribution in [2.24, 2.45) is 16.7 Å². The van der Waals surface area contributed by atoms with Gasteiger partial charge in [0.05, 0.1) is 0 Å². The molecule has 0 N–H and O–H groups in total. The quantitative estimate of drug-likeness (QED) is 0.543. The minimum atomic E-state index is 0.493. The van der Waals surface area contributed by atoms with Gasteiger partial charge in [0.2, 0.25) is 0 Å². The summed E-state index contributed by atoms with van der Waals surface area (Å²) in [6.07, 6.45) is 4.31. The first-order valence-electron chi connectivity index (χ1n) is 4.52. The molecule has 2 bridgehead atoms. The van der Waals surface area contributed by atoms with Crippen LogP contribution in [0.15, 0.2) is 0 Å². The van der Waals surface area contributed by atoms with E-state index in [1.165, 1.54) is 19.3 Å². The van der Waals surface area contributed by atoms with Crippen molar-refractivity contribution in [3.63, 3.8) is 0 Å². The van der Waals surface area contributed by atoms with Gasteiger partial charge in [0, 0.05) is 0 Å². The molecule has 2 aliphatic carbocycles. The molecule has 0 nitrogen and oxygen atoms in total. The fraction of sp³-hybridized carbons (Fsp3) is 0.900. The predicted molar refractivity (Wildman–Crippen MR) is 50.0 cm³/mol. The summed E-state index contributed by atoms with van der Waals surface area (Å²) in [6, 6.07) is 0. The number of hydrogen-bond donors (Lipinski definition) is 0. The molecule has 1 heteroatoms. The summed E-state index contributed by atoms with van der Waals surface area (Å²) in [6.45, 7) is 7.22. The van der Waals surface area contributed by atoms with Crippen molar-refractivity contribution in [3.8, 4) is 0 Å². The normalized spacial score (nSPS) is 46.8. The summed E-state index contributed by atoms with van der Waals surface area (Å²) in [5.74, 6) is 0.962. The zero-order valence-electron chi connectivity index (χ0n) is 7.61. The van der Waals surface area contributed by atoms with Crippen LogP contribution in [-0.4, -0.2) is 20.0 Å². The van der Waals surface area contributed by atoms with Crippen LogP contribution in [0.25, 0.3) is 0 Å². The Bertz CT molecular complexity index is 210. The molecule has 0 aromatic heterocycles. The van der Waals surface area contributed by atoms with E-state index in [9.17, 15) is 0 Å². The van der Waals surface area contributed by atoms with Crippen molar-refractivity contribution in [2.45, 2.75) is 40.0 Å². The molecule has 0 aliphatic heterocycles. The van der Waals surface area contributed by atoms with Gasteiger partial charge in [-0.3, -0.25) is 0 Å². The Hall–Kier alpha value is 0.389. The first kappa shape index (κ1) is 8.01. The molecule has 2 aliphatic rings. The van der Waals surface area contributed by atoms with Gasteiger partial charge >= 0.3 is 76.8 Å². The molecule has 11 heavy (non-hydrogen) atoms. The zero-order valence-corrected chi connectivity index (χ0v) is 9.32. The molecule has 0 saturated heterocycles. The van der Waals surface area contributed by atoms with Crippen molar-refractivity contribution in [1.82, 2.24) is 0 Å². The summed E-state index contributed by atoms with van der Waals surface area (Å²) >= 11 is 3.32. The molecular weight excluding hydrogens is 199 g/mol. The third kappa shape index (κ3) is 0.847. The summed E-state index contributed by atoms with van der Waals surface area (Å²) in [5.41, 5.74) is 1.06. The van der Waals surface area contributed by atoms with E-state index in [-0.39, 0.29) is 0 Å². The summed E-state index contributed by atoms with van der Waals surface area (Å²) in [7, 11) is 0. The van der Waals surface area contributed by atoms with E-state index < -0.39 is 0 Å². The SMILES string of the molecule is CC1(C)C(=[Se])[C@]2(C)CC[C@H]1C2. The van der Waals surface area contributed by atoms with Crippen LogP contribution in [0.1, 0.15) is 40.0 Å². The molecule has 0 heterocycles. The van der Waals surface area contributed by atoms with E-state index >= 15 is 0 Å². The molecule has 2 atom stereocenters. The molecule has 2 rings (SSSR count). The van der Waals surface area contributed by atoms with Crippen LogP contribution in [0.2, 0.25) is 0 Å². The second-order valence-corrected chi connectivity index (χ2v) is 5.91. The van der Waals surface area contributed by atoms with E-state index in [0.717, 1.165) is 5.92 Å². The van der Waals surface area contributed by atoms with Gasteiger partial charge in [-0.05, 0) is 0 Å². The standard InChI is InChI=1S/C10H16Se/c1-9(2)7-4-5-10(3,6-7)8(9)11/h7H,4-6H2,1-3H3/t7-,10+/m0/s1. The predicted octanol–water partition coefficient (Wildman–Crippen LogP) is 2.17. The molecule has 2 fully saturated rings. The molecule has 0 amide bonds. The van der Waals surface area contributed by atoms with Crippen molar-refractivity contribution >= 4 is 20.0 Å². The fourth-order valence-corrected chi connectivity index (χ4v) is 3.76. The Morgan fingerprint density at radius 3 is 2.27 bits per heavy atom. The van der Waals surface area contributed by atoms with Crippen LogP contribution in [0, 0.1) is 16.7 Å². The monoisotopic (exact) mass is 216 g/mol. The molecule has 0 aromatic carbocycles. The molecular formula is C10H16Se. The van der Waals surface area contributed by atoms with Gasteiger partial charge < -0.3 is 0 Å². The van der Waals surface area contributed by atoms with E-state index in [4.69, 9.17) is 0 Å². The fourth-order valence-electron chi connectivity index (χ4n) is 3.03. The average Bonchev–Trinajstić information content (AvgIpc) is 2.36. The van der Waals surface area contributed by atoms with Gasteiger partial charge in [-0.15, -0.1) is 0 Å². The maximum absolute atomic E-state index is 3.32. The van der Waals surface area contributed by atoms with Crippen LogP contribution in [0.4, 0.5) is 0 Å². The Morgan fingerprint density at radius 1 is 1.36 bits per heavy atom. The molecule has 0 unspecified atom stereocenters. The Morgan fingerprint density at radius 2 is 2.00 bits per heavy atom. The van der Waals surface area contributed by atoms with E-state index in [2.05, 4.69) is 36.3 Å². The van der Waals surface area contributed by atoms with Crippen molar-refractivity contribution in [1.29, 1.82) is 0 Å². The first-order valence-corrected chi connectivity index (χ1v) is 5.37. The summed E-state index contributed by atoms with van der Waals surface area (Å²) in [5, 5.41) is 0. The molecule has 0 radical (unpaired) electrons. The van der Waals surface area contributed by atoms with Crippen LogP contribution < -0.4 is 0 Å². The third-order valence-corrected chi connectivity index (χ3v) is 6.03. The Balaban J connectivity index is 2.42. The first-order chi connectivity index (χ1) is 4.97. The van der Waals surface area contributed by atoms with Gasteiger partial charge in [0.1, 0.15) is 0 Å². The average molecular weight is 215 g/mol. The number of hydrogen-bond acceptors (Lipinski definition) is 0.